The van der Waals surface area contributed by atoms with Gasteiger partial charge in [-0.15, -0.1) is 11.8 Å². The van der Waals surface area contributed by atoms with Crippen molar-refractivity contribution in [2.75, 3.05) is 0 Å². The molecule has 0 bridgehead atoms. The van der Waals surface area contributed by atoms with Crippen molar-refractivity contribution >= 4 is 17.7 Å². The lowest BCUT2D eigenvalue weighted by atomic mass is 10.1. The molecule has 0 aliphatic heterocycles. The number of hydrogen-bond acceptors (Lipinski definition) is 2. The molecule has 0 amide bonds. The quantitative estimate of drug-likeness (QED) is 0.518. The van der Waals surface area contributed by atoms with E-state index in [0.29, 0.717) is 10.7 Å². The second-order valence-electron chi connectivity index (χ2n) is 4.50. The Morgan fingerprint density at radius 1 is 1.21 bits per heavy atom. The SMILES string of the molecule is CCCCCC/C=C(\SCc1ccccc1)C(=O)O. The van der Waals surface area contributed by atoms with Crippen LogP contribution in [0.25, 0.3) is 0 Å². The van der Waals surface area contributed by atoms with Gasteiger partial charge >= 0.3 is 5.97 Å². The number of thioether (sulfide) groups is 1. The number of hydrogen-bond donors (Lipinski definition) is 1. The van der Waals surface area contributed by atoms with E-state index in [2.05, 4.69) is 6.92 Å². The number of carboxylic acid groups (broad SMARTS) is 1. The first-order valence-electron chi connectivity index (χ1n) is 6.84. The minimum absolute atomic E-state index is 0.473. The highest BCUT2D eigenvalue weighted by Crippen LogP contribution is 2.22. The number of unbranched alkanes of at least 4 members (excludes halogenated alkanes) is 4. The van der Waals surface area contributed by atoms with Crippen LogP contribution in [0.5, 0.6) is 0 Å². The molecule has 0 heterocycles. The second-order valence-corrected chi connectivity index (χ2v) is 5.51. The number of carboxylic acids is 1. The molecule has 0 unspecified atom stereocenters. The Hall–Kier alpha value is -1.22. The zero-order valence-electron chi connectivity index (χ0n) is 11.5. The Balaban J connectivity index is 2.40. The molecule has 3 heteroatoms. The van der Waals surface area contributed by atoms with Gasteiger partial charge in [0.15, 0.2) is 0 Å². The topological polar surface area (TPSA) is 37.3 Å². The summed E-state index contributed by atoms with van der Waals surface area (Å²) >= 11 is 1.41. The Kier molecular flexibility index (Phi) is 8.07. The highest BCUT2D eigenvalue weighted by molar-refractivity contribution is 8.03. The fourth-order valence-corrected chi connectivity index (χ4v) is 2.62. The van der Waals surface area contributed by atoms with Gasteiger partial charge in [-0.1, -0.05) is 62.6 Å². The highest BCUT2D eigenvalue weighted by atomic mass is 32.2. The van der Waals surface area contributed by atoms with E-state index in [1.54, 1.807) is 0 Å². The van der Waals surface area contributed by atoms with Gasteiger partial charge in [0, 0.05) is 5.75 Å². The summed E-state index contributed by atoms with van der Waals surface area (Å²) in [5, 5.41) is 9.16. The smallest absolute Gasteiger partial charge is 0.341 e. The summed E-state index contributed by atoms with van der Waals surface area (Å²) in [6.07, 6.45) is 7.43. The predicted molar refractivity (Wildman–Crippen MR) is 82.2 cm³/mol. The van der Waals surface area contributed by atoms with E-state index in [1.807, 2.05) is 36.4 Å². The summed E-state index contributed by atoms with van der Waals surface area (Å²) in [6.45, 7) is 2.17. The third kappa shape index (κ3) is 7.06. The van der Waals surface area contributed by atoms with Crippen LogP contribution in [0.4, 0.5) is 0 Å². The number of carbonyl (C=O) groups is 1. The fourth-order valence-electron chi connectivity index (χ4n) is 1.75. The minimum atomic E-state index is -0.809. The van der Waals surface area contributed by atoms with Gasteiger partial charge in [-0.2, -0.15) is 0 Å². The Morgan fingerprint density at radius 2 is 1.95 bits per heavy atom. The maximum Gasteiger partial charge on any atom is 0.341 e. The van der Waals surface area contributed by atoms with Gasteiger partial charge in [0.2, 0.25) is 0 Å². The van der Waals surface area contributed by atoms with Gasteiger partial charge in [-0.25, -0.2) is 4.79 Å². The van der Waals surface area contributed by atoms with Crippen molar-refractivity contribution < 1.29 is 9.90 Å². The summed E-state index contributed by atoms with van der Waals surface area (Å²) in [7, 11) is 0. The highest BCUT2D eigenvalue weighted by Gasteiger charge is 2.07. The average Bonchev–Trinajstić information content (AvgIpc) is 2.42. The number of allylic oxidation sites excluding steroid dienone is 1. The Labute approximate surface area is 119 Å². The van der Waals surface area contributed by atoms with Crippen molar-refractivity contribution in [2.24, 2.45) is 0 Å². The number of rotatable bonds is 9. The normalized spacial score (nSPS) is 11.5. The van der Waals surface area contributed by atoms with E-state index in [4.69, 9.17) is 5.11 Å². The van der Waals surface area contributed by atoms with Gasteiger partial charge < -0.3 is 5.11 Å². The zero-order valence-corrected chi connectivity index (χ0v) is 12.3. The van der Waals surface area contributed by atoms with Gasteiger partial charge in [-0.3, -0.25) is 0 Å². The third-order valence-electron chi connectivity index (χ3n) is 2.84. The van der Waals surface area contributed by atoms with Gasteiger partial charge in [-0.05, 0) is 18.4 Å². The Morgan fingerprint density at radius 3 is 2.58 bits per heavy atom. The second kappa shape index (κ2) is 9.68. The standard InChI is InChI=1S/C16H22O2S/c1-2-3-4-5-9-12-15(16(17)18)19-13-14-10-7-6-8-11-14/h6-8,10-12H,2-5,9,13H2,1H3,(H,17,18)/b15-12-. The van der Waals surface area contributed by atoms with Crippen LogP contribution in [-0.2, 0) is 10.5 Å². The van der Waals surface area contributed by atoms with Crippen molar-refractivity contribution in [1.82, 2.24) is 0 Å². The van der Waals surface area contributed by atoms with Crippen molar-refractivity contribution in [1.29, 1.82) is 0 Å². The molecule has 2 nitrogen and oxygen atoms in total. The number of benzene rings is 1. The largest absolute Gasteiger partial charge is 0.477 e. The van der Waals surface area contributed by atoms with Crippen LogP contribution in [0.1, 0.15) is 44.6 Å². The molecule has 1 rings (SSSR count). The molecule has 104 valence electrons. The molecular weight excluding hydrogens is 256 g/mol. The third-order valence-corrected chi connectivity index (χ3v) is 3.97. The first kappa shape index (κ1) is 15.8. The summed E-state index contributed by atoms with van der Waals surface area (Å²) in [4.78, 5) is 11.6. The van der Waals surface area contributed by atoms with Crippen molar-refractivity contribution in [3.8, 4) is 0 Å². The lowest BCUT2D eigenvalue weighted by molar-refractivity contribution is -0.131. The molecule has 0 radical (unpaired) electrons. The molecule has 0 fully saturated rings. The van der Waals surface area contributed by atoms with Crippen molar-refractivity contribution in [3.05, 3.63) is 46.9 Å². The molecule has 1 aromatic carbocycles. The zero-order chi connectivity index (χ0) is 13.9. The van der Waals surface area contributed by atoms with Crippen LogP contribution in [0.3, 0.4) is 0 Å². The first-order valence-corrected chi connectivity index (χ1v) is 7.82. The molecule has 0 saturated carbocycles. The van der Waals surface area contributed by atoms with E-state index >= 15 is 0 Å². The van der Waals surface area contributed by atoms with Crippen LogP contribution in [0.15, 0.2) is 41.3 Å². The van der Waals surface area contributed by atoms with Crippen LogP contribution in [-0.4, -0.2) is 11.1 Å². The van der Waals surface area contributed by atoms with Gasteiger partial charge in [0.1, 0.15) is 0 Å². The molecule has 1 aromatic rings. The monoisotopic (exact) mass is 278 g/mol. The minimum Gasteiger partial charge on any atom is -0.477 e. The van der Waals surface area contributed by atoms with Gasteiger partial charge in [0.25, 0.3) is 0 Å². The van der Waals surface area contributed by atoms with E-state index in [1.165, 1.54) is 31.0 Å². The van der Waals surface area contributed by atoms with E-state index in [-0.39, 0.29) is 0 Å². The average molecular weight is 278 g/mol. The maximum atomic E-state index is 11.2. The lowest BCUT2D eigenvalue weighted by Crippen LogP contribution is -1.97. The van der Waals surface area contributed by atoms with E-state index in [9.17, 15) is 4.79 Å². The van der Waals surface area contributed by atoms with Crippen molar-refractivity contribution in [2.45, 2.75) is 44.8 Å². The Bertz CT molecular complexity index is 398. The lowest BCUT2D eigenvalue weighted by Gasteiger charge is -2.03. The van der Waals surface area contributed by atoms with E-state index in [0.717, 1.165) is 18.4 Å². The fraction of sp³-hybridized carbons (Fsp3) is 0.438. The molecule has 19 heavy (non-hydrogen) atoms. The van der Waals surface area contributed by atoms with Crippen LogP contribution >= 0.6 is 11.8 Å². The van der Waals surface area contributed by atoms with E-state index < -0.39 is 5.97 Å². The predicted octanol–water partition coefficient (Wildman–Crippen LogP) is 4.86. The molecule has 0 atom stereocenters. The molecule has 0 aliphatic carbocycles. The molecule has 1 N–H and O–H groups in total. The summed E-state index contributed by atoms with van der Waals surface area (Å²) in [5.74, 6) is -0.0927. The molecule has 0 saturated heterocycles. The van der Waals surface area contributed by atoms with Crippen LogP contribution in [0, 0.1) is 0 Å². The van der Waals surface area contributed by atoms with Crippen LogP contribution < -0.4 is 0 Å². The van der Waals surface area contributed by atoms with Crippen LogP contribution in [0.2, 0.25) is 0 Å². The maximum absolute atomic E-state index is 11.2. The summed E-state index contributed by atoms with van der Waals surface area (Å²) < 4.78 is 0. The first-order chi connectivity index (χ1) is 9.24. The summed E-state index contributed by atoms with van der Waals surface area (Å²) in [5.41, 5.74) is 1.16. The number of aliphatic carboxylic acids is 1. The van der Waals surface area contributed by atoms with Gasteiger partial charge in [0.05, 0.1) is 4.91 Å². The molecule has 0 spiro atoms. The molecule has 0 aliphatic rings. The molecule has 0 aromatic heterocycles. The summed E-state index contributed by atoms with van der Waals surface area (Å²) in [6, 6.07) is 9.97. The van der Waals surface area contributed by atoms with Crippen molar-refractivity contribution in [3.63, 3.8) is 0 Å². The molecular formula is C16H22O2S.